The number of hydrogen-bond acceptors (Lipinski definition) is 4. The van der Waals surface area contributed by atoms with Gasteiger partial charge in [0.15, 0.2) is 11.5 Å². The fourth-order valence-corrected chi connectivity index (χ4v) is 2.02. The zero-order chi connectivity index (χ0) is 12.4. The Labute approximate surface area is 105 Å². The quantitative estimate of drug-likeness (QED) is 0.883. The van der Waals surface area contributed by atoms with Crippen molar-refractivity contribution in [1.29, 1.82) is 0 Å². The largest absolute Gasteiger partial charge is 0.490 e. The molecule has 94 valence electrons. The summed E-state index contributed by atoms with van der Waals surface area (Å²) in [7, 11) is 0. The summed E-state index contributed by atoms with van der Waals surface area (Å²) >= 11 is 0. The molecule has 18 heavy (non-hydrogen) atoms. The minimum absolute atomic E-state index is 0.207. The summed E-state index contributed by atoms with van der Waals surface area (Å²) in [5, 5.41) is 0. The predicted molar refractivity (Wildman–Crippen MR) is 66.8 cm³/mol. The van der Waals surface area contributed by atoms with Gasteiger partial charge in [-0.1, -0.05) is 6.07 Å². The number of fused-ring (bicyclic) bond motifs is 1. The molecule has 1 aliphatic rings. The monoisotopic (exact) mass is 245 g/mol. The zero-order valence-corrected chi connectivity index (χ0v) is 9.96. The number of ether oxygens (including phenoxy) is 2. The summed E-state index contributed by atoms with van der Waals surface area (Å²) in [4.78, 5) is 0. The molecule has 1 aromatic heterocycles. The van der Waals surface area contributed by atoms with E-state index in [1.54, 1.807) is 12.5 Å². The van der Waals surface area contributed by atoms with E-state index in [0.29, 0.717) is 13.2 Å². The van der Waals surface area contributed by atoms with Crippen molar-refractivity contribution in [2.24, 2.45) is 5.73 Å². The number of furan rings is 1. The lowest BCUT2D eigenvalue weighted by molar-refractivity contribution is 0.297. The molecule has 0 amide bonds. The van der Waals surface area contributed by atoms with Crippen LogP contribution in [0.1, 0.15) is 23.6 Å². The van der Waals surface area contributed by atoms with Gasteiger partial charge >= 0.3 is 0 Å². The number of nitrogens with two attached hydrogens (primary N) is 1. The second kappa shape index (κ2) is 4.74. The summed E-state index contributed by atoms with van der Waals surface area (Å²) in [6.45, 7) is 1.37. The molecule has 1 unspecified atom stereocenters. The molecule has 0 bridgehead atoms. The lowest BCUT2D eigenvalue weighted by Gasteiger charge is -2.13. The predicted octanol–water partition coefficient (Wildman–Crippen LogP) is 2.49. The van der Waals surface area contributed by atoms with Crippen LogP contribution in [0, 0.1) is 0 Å². The molecular weight excluding hydrogens is 230 g/mol. The van der Waals surface area contributed by atoms with Crippen LogP contribution in [0.5, 0.6) is 11.5 Å². The molecule has 2 N–H and O–H groups in total. The van der Waals surface area contributed by atoms with E-state index < -0.39 is 0 Å². The Morgan fingerprint density at radius 3 is 2.61 bits per heavy atom. The van der Waals surface area contributed by atoms with Crippen molar-refractivity contribution >= 4 is 0 Å². The molecule has 3 rings (SSSR count). The number of hydrogen-bond donors (Lipinski definition) is 1. The van der Waals surface area contributed by atoms with Crippen LogP contribution < -0.4 is 15.2 Å². The van der Waals surface area contributed by atoms with Gasteiger partial charge in [-0.05, 0) is 23.8 Å². The van der Waals surface area contributed by atoms with Crippen LogP contribution in [-0.4, -0.2) is 13.2 Å². The summed E-state index contributed by atoms with van der Waals surface area (Å²) < 4.78 is 16.3. The van der Waals surface area contributed by atoms with E-state index in [9.17, 15) is 0 Å². The van der Waals surface area contributed by atoms with Crippen LogP contribution in [0.25, 0.3) is 0 Å². The first-order valence-electron chi connectivity index (χ1n) is 6.02. The normalized spacial score (nSPS) is 16.1. The van der Waals surface area contributed by atoms with E-state index >= 15 is 0 Å². The van der Waals surface area contributed by atoms with Gasteiger partial charge in [0.25, 0.3) is 0 Å². The first-order valence-corrected chi connectivity index (χ1v) is 6.02. The van der Waals surface area contributed by atoms with Crippen LogP contribution in [-0.2, 0) is 0 Å². The topological polar surface area (TPSA) is 57.6 Å². The zero-order valence-electron chi connectivity index (χ0n) is 9.96. The van der Waals surface area contributed by atoms with Crippen LogP contribution in [0.15, 0.2) is 41.2 Å². The summed E-state index contributed by atoms with van der Waals surface area (Å²) in [5.41, 5.74) is 8.11. The SMILES string of the molecule is NC(c1ccoc1)c1ccc2c(c1)OCCCO2. The van der Waals surface area contributed by atoms with E-state index in [-0.39, 0.29) is 6.04 Å². The van der Waals surface area contributed by atoms with Gasteiger partial charge in [-0.3, -0.25) is 0 Å². The minimum atomic E-state index is -0.207. The Bertz CT molecular complexity index is 522. The highest BCUT2D eigenvalue weighted by Gasteiger charge is 2.15. The Morgan fingerprint density at radius 1 is 1.00 bits per heavy atom. The summed E-state index contributed by atoms with van der Waals surface area (Å²) in [6, 6.07) is 7.48. The maximum Gasteiger partial charge on any atom is 0.161 e. The van der Waals surface area contributed by atoms with Gasteiger partial charge in [0.1, 0.15) is 0 Å². The Morgan fingerprint density at radius 2 is 1.83 bits per heavy atom. The summed E-state index contributed by atoms with van der Waals surface area (Å²) in [5.74, 6) is 1.56. The molecule has 2 aromatic rings. The average molecular weight is 245 g/mol. The van der Waals surface area contributed by atoms with E-state index in [4.69, 9.17) is 19.6 Å². The fourth-order valence-electron chi connectivity index (χ4n) is 2.02. The van der Waals surface area contributed by atoms with Gasteiger partial charge in [-0.2, -0.15) is 0 Å². The molecule has 0 radical (unpaired) electrons. The third-order valence-corrected chi connectivity index (χ3v) is 3.03. The summed E-state index contributed by atoms with van der Waals surface area (Å²) in [6.07, 6.45) is 4.18. The molecule has 2 heterocycles. The highest BCUT2D eigenvalue weighted by atomic mass is 16.5. The van der Waals surface area contributed by atoms with Crippen LogP contribution in [0.3, 0.4) is 0 Å². The van der Waals surface area contributed by atoms with Crippen molar-refractivity contribution < 1.29 is 13.9 Å². The van der Waals surface area contributed by atoms with Gasteiger partial charge in [0.05, 0.1) is 31.8 Å². The number of rotatable bonds is 2. The third kappa shape index (κ3) is 2.07. The second-order valence-corrected chi connectivity index (χ2v) is 4.29. The lowest BCUT2D eigenvalue weighted by Crippen LogP contribution is -2.11. The minimum Gasteiger partial charge on any atom is -0.490 e. The van der Waals surface area contributed by atoms with Gasteiger partial charge in [-0.25, -0.2) is 0 Å². The molecule has 1 aliphatic heterocycles. The van der Waals surface area contributed by atoms with Crippen LogP contribution in [0.4, 0.5) is 0 Å². The van der Waals surface area contributed by atoms with Crippen LogP contribution >= 0.6 is 0 Å². The molecular formula is C14H15NO3. The standard InChI is InChI=1S/C14H15NO3/c15-14(11-4-7-16-9-11)10-2-3-12-13(8-10)18-6-1-5-17-12/h2-4,7-9,14H,1,5-6,15H2. The molecule has 4 heteroatoms. The first-order chi connectivity index (χ1) is 8.84. The molecule has 4 nitrogen and oxygen atoms in total. The molecule has 0 aliphatic carbocycles. The average Bonchev–Trinajstić information content (AvgIpc) is 2.83. The lowest BCUT2D eigenvalue weighted by atomic mass is 10.0. The second-order valence-electron chi connectivity index (χ2n) is 4.29. The highest BCUT2D eigenvalue weighted by Crippen LogP contribution is 2.33. The van der Waals surface area contributed by atoms with E-state index in [1.165, 1.54) is 0 Å². The van der Waals surface area contributed by atoms with Crippen molar-refractivity contribution in [3.8, 4) is 11.5 Å². The Balaban J connectivity index is 1.92. The van der Waals surface area contributed by atoms with Gasteiger partial charge in [0.2, 0.25) is 0 Å². The number of benzene rings is 1. The smallest absolute Gasteiger partial charge is 0.161 e. The van der Waals surface area contributed by atoms with Crippen molar-refractivity contribution in [3.63, 3.8) is 0 Å². The molecule has 0 saturated carbocycles. The third-order valence-electron chi connectivity index (χ3n) is 3.03. The highest BCUT2D eigenvalue weighted by molar-refractivity contribution is 5.45. The van der Waals surface area contributed by atoms with Gasteiger partial charge < -0.3 is 19.6 Å². The fraction of sp³-hybridized carbons (Fsp3) is 0.286. The van der Waals surface area contributed by atoms with Gasteiger partial charge in [-0.15, -0.1) is 0 Å². The molecule has 0 saturated heterocycles. The first kappa shape index (κ1) is 11.2. The van der Waals surface area contributed by atoms with Crippen molar-refractivity contribution in [3.05, 3.63) is 47.9 Å². The maximum absolute atomic E-state index is 6.18. The molecule has 1 aromatic carbocycles. The van der Waals surface area contributed by atoms with E-state index in [1.807, 2.05) is 24.3 Å². The van der Waals surface area contributed by atoms with Crippen LogP contribution in [0.2, 0.25) is 0 Å². The molecule has 0 spiro atoms. The molecule has 1 atom stereocenters. The van der Waals surface area contributed by atoms with Crippen molar-refractivity contribution in [2.45, 2.75) is 12.5 Å². The Kier molecular flexibility index (Phi) is 2.94. The maximum atomic E-state index is 6.18. The Hall–Kier alpha value is -1.94. The molecule has 0 fully saturated rings. The van der Waals surface area contributed by atoms with E-state index in [0.717, 1.165) is 29.0 Å². The van der Waals surface area contributed by atoms with Crippen molar-refractivity contribution in [1.82, 2.24) is 0 Å². The van der Waals surface area contributed by atoms with Gasteiger partial charge in [0, 0.05) is 12.0 Å². The van der Waals surface area contributed by atoms with Crippen molar-refractivity contribution in [2.75, 3.05) is 13.2 Å². The van der Waals surface area contributed by atoms with E-state index in [2.05, 4.69) is 0 Å².